The van der Waals surface area contributed by atoms with Crippen LogP contribution in [0.4, 0.5) is 0 Å². The van der Waals surface area contributed by atoms with Gasteiger partial charge in [-0.1, -0.05) is 6.08 Å². The van der Waals surface area contributed by atoms with E-state index >= 15 is 0 Å². The van der Waals surface area contributed by atoms with Gasteiger partial charge in [0.2, 0.25) is 5.91 Å². The van der Waals surface area contributed by atoms with Gasteiger partial charge in [0, 0.05) is 13.1 Å². The third-order valence-electron chi connectivity index (χ3n) is 2.65. The second kappa shape index (κ2) is 5.53. The molecule has 0 bridgehead atoms. The molecule has 0 aliphatic carbocycles. The third-order valence-corrected chi connectivity index (χ3v) is 2.65. The molecule has 0 aromatic rings. The van der Waals surface area contributed by atoms with Crippen LogP contribution in [0.1, 0.15) is 19.8 Å². The van der Waals surface area contributed by atoms with Crippen molar-refractivity contribution in [3.8, 4) is 0 Å². The highest BCUT2D eigenvalue weighted by atomic mass is 16.5. The van der Waals surface area contributed by atoms with Gasteiger partial charge < -0.3 is 9.64 Å². The number of piperidine rings is 1. The number of esters is 1. The fourth-order valence-corrected chi connectivity index (χ4v) is 1.75. The average Bonchev–Trinajstić information content (AvgIpc) is 2.28. The van der Waals surface area contributed by atoms with Crippen LogP contribution in [0.2, 0.25) is 0 Å². The summed E-state index contributed by atoms with van der Waals surface area (Å²) >= 11 is 0. The maximum Gasteiger partial charge on any atom is 0.308 e. The molecule has 1 rings (SSSR count). The molecule has 1 aliphatic heterocycles. The van der Waals surface area contributed by atoms with Crippen LogP contribution in [0.25, 0.3) is 0 Å². The van der Waals surface area contributed by atoms with Crippen LogP contribution >= 0.6 is 0 Å². The Morgan fingerprint density at radius 2 is 1.93 bits per heavy atom. The Morgan fingerprint density at radius 1 is 1.33 bits per heavy atom. The molecule has 0 atom stereocenters. The standard InChI is InChI=1S/C11H17NO3/c1-3-4-10(13)12-7-5-9(6-8-12)11(14)15-2/h3-4,9H,5-8H2,1-2H3/b4-3+. The van der Waals surface area contributed by atoms with E-state index in [-0.39, 0.29) is 17.8 Å². The van der Waals surface area contributed by atoms with Crippen molar-refractivity contribution >= 4 is 11.9 Å². The normalized spacial score (nSPS) is 18.1. The van der Waals surface area contributed by atoms with E-state index in [2.05, 4.69) is 4.74 Å². The molecular weight excluding hydrogens is 194 g/mol. The van der Waals surface area contributed by atoms with Crippen LogP contribution in [-0.4, -0.2) is 37.0 Å². The van der Waals surface area contributed by atoms with Gasteiger partial charge in [-0.15, -0.1) is 0 Å². The highest BCUT2D eigenvalue weighted by Crippen LogP contribution is 2.18. The summed E-state index contributed by atoms with van der Waals surface area (Å²) in [5.74, 6) is -0.168. The molecule has 0 unspecified atom stereocenters. The Hall–Kier alpha value is -1.32. The van der Waals surface area contributed by atoms with Gasteiger partial charge >= 0.3 is 5.97 Å². The Kier molecular flexibility index (Phi) is 4.34. The minimum Gasteiger partial charge on any atom is -0.469 e. The number of hydrogen-bond acceptors (Lipinski definition) is 3. The number of carbonyl (C=O) groups is 2. The predicted molar refractivity (Wildman–Crippen MR) is 56.1 cm³/mol. The summed E-state index contributed by atoms with van der Waals surface area (Å²) in [7, 11) is 1.40. The lowest BCUT2D eigenvalue weighted by Crippen LogP contribution is -2.39. The first kappa shape index (κ1) is 11.8. The lowest BCUT2D eigenvalue weighted by atomic mass is 9.97. The van der Waals surface area contributed by atoms with Gasteiger partial charge in [0.05, 0.1) is 13.0 Å². The van der Waals surface area contributed by atoms with E-state index in [0.29, 0.717) is 25.9 Å². The van der Waals surface area contributed by atoms with Crippen molar-refractivity contribution in [3.63, 3.8) is 0 Å². The molecule has 0 spiro atoms. The molecule has 4 heteroatoms. The molecule has 1 saturated heterocycles. The van der Waals surface area contributed by atoms with Gasteiger partial charge in [0.1, 0.15) is 0 Å². The summed E-state index contributed by atoms with van der Waals surface area (Å²) in [4.78, 5) is 24.5. The third kappa shape index (κ3) is 3.08. The summed E-state index contributed by atoms with van der Waals surface area (Å²) in [6, 6.07) is 0. The molecule has 0 aromatic heterocycles. The molecule has 0 radical (unpaired) electrons. The minimum absolute atomic E-state index is 0.0285. The maximum absolute atomic E-state index is 11.5. The molecule has 15 heavy (non-hydrogen) atoms. The number of amides is 1. The Bertz CT molecular complexity index is 265. The SMILES string of the molecule is C/C=C/C(=O)N1CCC(C(=O)OC)CC1. The van der Waals surface area contributed by atoms with Gasteiger partial charge in [-0.3, -0.25) is 9.59 Å². The van der Waals surface area contributed by atoms with Crippen molar-refractivity contribution in [1.29, 1.82) is 0 Å². The molecule has 0 aromatic carbocycles. The lowest BCUT2D eigenvalue weighted by molar-refractivity contribution is -0.148. The Labute approximate surface area is 89.9 Å². The van der Waals surface area contributed by atoms with Gasteiger partial charge in [-0.25, -0.2) is 0 Å². The molecule has 1 heterocycles. The van der Waals surface area contributed by atoms with Crippen molar-refractivity contribution in [3.05, 3.63) is 12.2 Å². The highest BCUT2D eigenvalue weighted by Gasteiger charge is 2.26. The van der Waals surface area contributed by atoms with E-state index in [0.717, 1.165) is 0 Å². The smallest absolute Gasteiger partial charge is 0.308 e. The van der Waals surface area contributed by atoms with E-state index in [1.807, 2.05) is 6.92 Å². The fraction of sp³-hybridized carbons (Fsp3) is 0.636. The first-order chi connectivity index (χ1) is 7.19. The van der Waals surface area contributed by atoms with Crippen molar-refractivity contribution in [2.45, 2.75) is 19.8 Å². The van der Waals surface area contributed by atoms with E-state index in [1.54, 1.807) is 17.1 Å². The molecule has 1 amide bonds. The number of likely N-dealkylation sites (tertiary alicyclic amines) is 1. The zero-order chi connectivity index (χ0) is 11.3. The van der Waals surface area contributed by atoms with E-state index in [9.17, 15) is 9.59 Å². The molecule has 4 nitrogen and oxygen atoms in total. The average molecular weight is 211 g/mol. The first-order valence-corrected chi connectivity index (χ1v) is 5.18. The van der Waals surface area contributed by atoms with Crippen molar-refractivity contribution in [1.82, 2.24) is 4.90 Å². The second-order valence-corrected chi connectivity index (χ2v) is 3.62. The highest BCUT2D eigenvalue weighted by molar-refractivity contribution is 5.87. The van der Waals surface area contributed by atoms with E-state index in [4.69, 9.17) is 0 Å². The summed E-state index contributed by atoms with van der Waals surface area (Å²) < 4.78 is 4.68. The zero-order valence-electron chi connectivity index (χ0n) is 9.23. The number of rotatable bonds is 2. The van der Waals surface area contributed by atoms with Crippen LogP contribution in [0.3, 0.4) is 0 Å². The Balaban J connectivity index is 2.42. The number of ether oxygens (including phenoxy) is 1. The lowest BCUT2D eigenvalue weighted by Gasteiger charge is -2.29. The predicted octanol–water partition coefficient (Wildman–Crippen LogP) is 0.974. The largest absolute Gasteiger partial charge is 0.469 e. The topological polar surface area (TPSA) is 46.6 Å². The van der Waals surface area contributed by atoms with Crippen molar-refractivity contribution in [2.24, 2.45) is 5.92 Å². The molecule has 1 fully saturated rings. The van der Waals surface area contributed by atoms with E-state index in [1.165, 1.54) is 7.11 Å². The molecule has 84 valence electrons. The second-order valence-electron chi connectivity index (χ2n) is 3.62. The summed E-state index contributed by atoms with van der Waals surface area (Å²) in [6.45, 7) is 3.10. The van der Waals surface area contributed by atoms with Crippen LogP contribution in [0.15, 0.2) is 12.2 Å². The van der Waals surface area contributed by atoms with Gasteiger partial charge in [0.15, 0.2) is 0 Å². The first-order valence-electron chi connectivity index (χ1n) is 5.18. The van der Waals surface area contributed by atoms with Crippen molar-refractivity contribution < 1.29 is 14.3 Å². The molecule has 0 saturated carbocycles. The zero-order valence-corrected chi connectivity index (χ0v) is 9.23. The number of methoxy groups -OCH3 is 1. The number of hydrogen-bond donors (Lipinski definition) is 0. The van der Waals surface area contributed by atoms with Crippen molar-refractivity contribution in [2.75, 3.05) is 20.2 Å². The fourth-order valence-electron chi connectivity index (χ4n) is 1.75. The number of carbonyl (C=O) groups excluding carboxylic acids is 2. The van der Waals surface area contributed by atoms with Gasteiger partial charge in [0.25, 0.3) is 0 Å². The minimum atomic E-state index is -0.159. The quantitative estimate of drug-likeness (QED) is 0.505. The number of allylic oxidation sites excluding steroid dienone is 1. The van der Waals surface area contributed by atoms with Crippen LogP contribution < -0.4 is 0 Å². The number of nitrogens with zero attached hydrogens (tertiary/aromatic N) is 1. The van der Waals surface area contributed by atoms with Crippen LogP contribution in [-0.2, 0) is 14.3 Å². The van der Waals surface area contributed by atoms with Gasteiger partial charge in [-0.05, 0) is 25.8 Å². The summed E-state index contributed by atoms with van der Waals surface area (Å²) in [6.07, 6.45) is 4.69. The van der Waals surface area contributed by atoms with E-state index < -0.39 is 0 Å². The Morgan fingerprint density at radius 3 is 2.40 bits per heavy atom. The summed E-state index contributed by atoms with van der Waals surface area (Å²) in [5, 5.41) is 0. The molecular formula is C11H17NO3. The molecule has 0 N–H and O–H groups in total. The molecule has 1 aliphatic rings. The summed E-state index contributed by atoms with van der Waals surface area (Å²) in [5.41, 5.74) is 0. The monoisotopic (exact) mass is 211 g/mol. The van der Waals surface area contributed by atoms with Crippen LogP contribution in [0, 0.1) is 5.92 Å². The maximum atomic E-state index is 11.5. The van der Waals surface area contributed by atoms with Gasteiger partial charge in [-0.2, -0.15) is 0 Å². The van der Waals surface area contributed by atoms with Crippen LogP contribution in [0.5, 0.6) is 0 Å².